The van der Waals surface area contributed by atoms with E-state index in [0.29, 0.717) is 11.7 Å². The zero-order chi connectivity index (χ0) is 17.5. The molecule has 2 aromatic carbocycles. The molecular formula is C19H19N3O3. The summed E-state index contributed by atoms with van der Waals surface area (Å²) in [6.07, 6.45) is 2.67. The molecule has 0 radical (unpaired) electrons. The molecule has 0 saturated carbocycles. The van der Waals surface area contributed by atoms with E-state index in [4.69, 9.17) is 14.1 Å². The van der Waals surface area contributed by atoms with Gasteiger partial charge < -0.3 is 14.1 Å². The number of benzene rings is 2. The molecule has 0 aliphatic rings. The van der Waals surface area contributed by atoms with Crippen molar-refractivity contribution in [1.29, 1.82) is 0 Å². The molecule has 25 heavy (non-hydrogen) atoms. The quantitative estimate of drug-likeness (QED) is 0.484. The molecule has 0 atom stereocenters. The molecule has 6 heteroatoms. The number of hydrogen-bond acceptors (Lipinski definition) is 6. The zero-order valence-electron chi connectivity index (χ0n) is 14.2. The van der Waals surface area contributed by atoms with Crippen molar-refractivity contribution in [3.8, 4) is 17.1 Å². The van der Waals surface area contributed by atoms with Gasteiger partial charge in [-0.2, -0.15) is 4.98 Å². The second kappa shape index (κ2) is 8.10. The Morgan fingerprint density at radius 3 is 2.52 bits per heavy atom. The van der Waals surface area contributed by atoms with Crippen molar-refractivity contribution in [3.05, 3.63) is 65.5 Å². The molecule has 3 rings (SSSR count). The lowest BCUT2D eigenvalue weighted by Crippen LogP contribution is -1.89. The molecule has 1 aromatic heterocycles. The number of nitrogens with zero attached hydrogens (tertiary/aromatic N) is 3. The van der Waals surface area contributed by atoms with Gasteiger partial charge in [0.1, 0.15) is 5.75 Å². The van der Waals surface area contributed by atoms with E-state index >= 15 is 0 Å². The molecular weight excluding hydrogens is 318 g/mol. The number of methoxy groups -OCH3 is 1. The highest BCUT2D eigenvalue weighted by molar-refractivity contribution is 5.79. The smallest absolute Gasteiger partial charge is 0.267 e. The third kappa shape index (κ3) is 4.44. The predicted octanol–water partition coefficient (Wildman–Crippen LogP) is 3.86. The minimum absolute atomic E-state index is 0.118. The number of aryl methyl sites for hydroxylation is 1. The van der Waals surface area contributed by atoms with Crippen LogP contribution in [-0.2, 0) is 17.9 Å². The topological polar surface area (TPSA) is 69.7 Å². The molecule has 128 valence electrons. The minimum Gasteiger partial charge on any atom is -0.497 e. The molecule has 0 amide bonds. The fraction of sp³-hybridized carbons (Fsp3) is 0.211. The Hall–Kier alpha value is -3.15. The molecule has 0 N–H and O–H groups in total. The first-order valence-corrected chi connectivity index (χ1v) is 7.99. The number of rotatable bonds is 7. The maximum Gasteiger partial charge on any atom is 0.267 e. The number of oxime groups is 1. The SMILES string of the molecule is CCc1ccc(/C=N\OCc2nc(-c3ccc(OC)cc3)no2)cc1. The molecule has 0 aliphatic carbocycles. The predicted molar refractivity (Wildman–Crippen MR) is 94.5 cm³/mol. The third-order valence-corrected chi connectivity index (χ3v) is 3.67. The van der Waals surface area contributed by atoms with Crippen molar-refractivity contribution < 1.29 is 14.1 Å². The van der Waals surface area contributed by atoms with E-state index in [0.717, 1.165) is 23.3 Å². The average molecular weight is 337 g/mol. The Morgan fingerprint density at radius 2 is 1.84 bits per heavy atom. The van der Waals surface area contributed by atoms with Gasteiger partial charge in [-0.15, -0.1) is 0 Å². The Bertz CT molecular complexity index is 824. The summed E-state index contributed by atoms with van der Waals surface area (Å²) in [4.78, 5) is 9.50. The number of hydrogen-bond donors (Lipinski definition) is 0. The van der Waals surface area contributed by atoms with Crippen molar-refractivity contribution >= 4 is 6.21 Å². The van der Waals surface area contributed by atoms with E-state index < -0.39 is 0 Å². The Balaban J connectivity index is 1.55. The van der Waals surface area contributed by atoms with Crippen molar-refractivity contribution in [3.63, 3.8) is 0 Å². The summed E-state index contributed by atoms with van der Waals surface area (Å²) in [5.41, 5.74) is 3.10. The molecule has 6 nitrogen and oxygen atoms in total. The van der Waals surface area contributed by atoms with Gasteiger partial charge in [0.15, 0.2) is 6.61 Å². The highest BCUT2D eigenvalue weighted by Gasteiger charge is 2.09. The molecule has 0 bridgehead atoms. The summed E-state index contributed by atoms with van der Waals surface area (Å²) < 4.78 is 10.3. The minimum atomic E-state index is 0.118. The van der Waals surface area contributed by atoms with Crippen LogP contribution in [0.4, 0.5) is 0 Å². The molecule has 0 aliphatic heterocycles. The average Bonchev–Trinajstić information content (AvgIpc) is 3.15. The first-order chi connectivity index (χ1) is 12.3. The van der Waals surface area contributed by atoms with Crippen molar-refractivity contribution in [2.75, 3.05) is 7.11 Å². The van der Waals surface area contributed by atoms with Crippen LogP contribution in [0.2, 0.25) is 0 Å². The summed E-state index contributed by atoms with van der Waals surface area (Å²) in [7, 11) is 1.62. The van der Waals surface area contributed by atoms with Gasteiger partial charge in [-0.05, 0) is 41.8 Å². The Kier molecular flexibility index (Phi) is 5.41. The molecule has 0 saturated heterocycles. The van der Waals surface area contributed by atoms with Gasteiger partial charge in [-0.25, -0.2) is 0 Å². The second-order valence-electron chi connectivity index (χ2n) is 5.34. The molecule has 3 aromatic rings. The van der Waals surface area contributed by atoms with E-state index in [1.165, 1.54) is 5.56 Å². The van der Waals surface area contributed by atoms with Crippen molar-refractivity contribution in [2.45, 2.75) is 20.0 Å². The van der Waals surface area contributed by atoms with Gasteiger partial charge in [-0.1, -0.05) is 41.5 Å². The second-order valence-corrected chi connectivity index (χ2v) is 5.34. The van der Waals surface area contributed by atoms with Gasteiger partial charge >= 0.3 is 0 Å². The monoisotopic (exact) mass is 337 g/mol. The molecule has 1 heterocycles. The fourth-order valence-corrected chi connectivity index (χ4v) is 2.20. The maximum atomic E-state index is 5.22. The van der Waals surface area contributed by atoms with Crippen LogP contribution >= 0.6 is 0 Å². The zero-order valence-corrected chi connectivity index (χ0v) is 14.2. The highest BCUT2D eigenvalue weighted by atomic mass is 16.6. The summed E-state index contributed by atoms with van der Waals surface area (Å²) in [6, 6.07) is 15.6. The van der Waals surface area contributed by atoms with E-state index in [9.17, 15) is 0 Å². The highest BCUT2D eigenvalue weighted by Crippen LogP contribution is 2.19. The van der Waals surface area contributed by atoms with Crippen LogP contribution in [0.1, 0.15) is 23.9 Å². The van der Waals surface area contributed by atoms with Crippen LogP contribution in [0.5, 0.6) is 5.75 Å². The van der Waals surface area contributed by atoms with Crippen LogP contribution in [-0.4, -0.2) is 23.5 Å². The van der Waals surface area contributed by atoms with E-state index in [-0.39, 0.29) is 6.61 Å². The largest absolute Gasteiger partial charge is 0.497 e. The first kappa shape index (κ1) is 16.7. The normalized spacial score (nSPS) is 11.0. The van der Waals surface area contributed by atoms with Crippen LogP contribution in [0.25, 0.3) is 11.4 Å². The van der Waals surface area contributed by atoms with Crippen LogP contribution in [0.3, 0.4) is 0 Å². The Labute approximate surface area is 146 Å². The van der Waals surface area contributed by atoms with E-state index in [1.54, 1.807) is 13.3 Å². The number of ether oxygens (including phenoxy) is 1. The third-order valence-electron chi connectivity index (χ3n) is 3.67. The van der Waals surface area contributed by atoms with E-state index in [2.05, 4.69) is 34.4 Å². The fourth-order valence-electron chi connectivity index (χ4n) is 2.20. The van der Waals surface area contributed by atoms with Gasteiger partial charge in [0.25, 0.3) is 5.89 Å². The molecule has 0 unspecified atom stereocenters. The standard InChI is InChI=1S/C19H19N3O3/c1-3-14-4-6-15(7-5-14)12-20-24-13-18-21-19(22-25-18)16-8-10-17(23-2)11-9-16/h4-12H,3,13H2,1-2H3/b20-12-. The van der Waals surface area contributed by atoms with Gasteiger partial charge in [-0.3, -0.25) is 0 Å². The van der Waals surface area contributed by atoms with Crippen molar-refractivity contribution in [2.24, 2.45) is 5.16 Å². The molecule has 0 fully saturated rings. The Morgan fingerprint density at radius 1 is 1.08 bits per heavy atom. The van der Waals surface area contributed by atoms with Crippen LogP contribution in [0.15, 0.2) is 58.2 Å². The summed E-state index contributed by atoms with van der Waals surface area (Å²) >= 11 is 0. The van der Waals surface area contributed by atoms with E-state index in [1.807, 2.05) is 36.4 Å². The number of aromatic nitrogens is 2. The lowest BCUT2D eigenvalue weighted by Gasteiger charge is -1.99. The van der Waals surface area contributed by atoms with Gasteiger partial charge in [0.05, 0.1) is 13.3 Å². The summed E-state index contributed by atoms with van der Waals surface area (Å²) in [6.45, 7) is 2.24. The maximum absolute atomic E-state index is 5.22. The lowest BCUT2D eigenvalue weighted by atomic mass is 10.1. The summed E-state index contributed by atoms with van der Waals surface area (Å²) in [5, 5.41) is 7.87. The van der Waals surface area contributed by atoms with Gasteiger partial charge in [0, 0.05) is 5.56 Å². The lowest BCUT2D eigenvalue weighted by molar-refractivity contribution is 0.107. The van der Waals surface area contributed by atoms with Crippen LogP contribution in [0, 0.1) is 0 Å². The first-order valence-electron chi connectivity index (χ1n) is 7.99. The van der Waals surface area contributed by atoms with Crippen LogP contribution < -0.4 is 4.74 Å². The van der Waals surface area contributed by atoms with Gasteiger partial charge in [0.2, 0.25) is 5.82 Å². The summed E-state index contributed by atoms with van der Waals surface area (Å²) in [5.74, 6) is 1.64. The molecule has 0 spiro atoms. The van der Waals surface area contributed by atoms with Crippen molar-refractivity contribution in [1.82, 2.24) is 10.1 Å².